The standard InChI is InChI=1S/C25H29N5O3/c1-32-23-8-6-19(7-9-23)21-17-27-25(28-18-21)29-22-5-2-4-20(16-22)24(31)26-10-3-11-30-12-14-33-15-13-30/h2,4-9,16-18H,3,10-15H2,1H3,(H,26,31)(H,27,28,29). The molecule has 172 valence electrons. The molecule has 2 heterocycles. The Labute approximate surface area is 194 Å². The quantitative estimate of drug-likeness (QED) is 0.486. The molecule has 1 aliphatic heterocycles. The summed E-state index contributed by atoms with van der Waals surface area (Å²) in [6, 6.07) is 15.1. The summed E-state index contributed by atoms with van der Waals surface area (Å²) in [7, 11) is 1.64. The molecule has 0 saturated carbocycles. The fourth-order valence-corrected chi connectivity index (χ4v) is 3.62. The van der Waals surface area contributed by atoms with Crippen LogP contribution in [0.2, 0.25) is 0 Å². The Morgan fingerprint density at radius 3 is 2.55 bits per heavy atom. The van der Waals surface area contributed by atoms with Gasteiger partial charge in [-0.3, -0.25) is 9.69 Å². The molecule has 0 aliphatic carbocycles. The molecule has 1 fully saturated rings. The summed E-state index contributed by atoms with van der Waals surface area (Å²) in [6.45, 7) is 5.12. The topological polar surface area (TPSA) is 88.6 Å². The first-order valence-electron chi connectivity index (χ1n) is 11.1. The number of ether oxygens (including phenoxy) is 2. The van der Waals surface area contributed by atoms with Gasteiger partial charge in [0.15, 0.2) is 0 Å². The van der Waals surface area contributed by atoms with Crippen LogP contribution < -0.4 is 15.4 Å². The average Bonchev–Trinajstić information content (AvgIpc) is 2.88. The maximum Gasteiger partial charge on any atom is 0.251 e. The Morgan fingerprint density at radius 1 is 1.06 bits per heavy atom. The van der Waals surface area contributed by atoms with Crippen LogP contribution in [-0.4, -0.2) is 67.3 Å². The molecule has 8 nitrogen and oxygen atoms in total. The van der Waals surface area contributed by atoms with Crippen molar-refractivity contribution < 1.29 is 14.3 Å². The second-order valence-corrected chi connectivity index (χ2v) is 7.79. The highest BCUT2D eigenvalue weighted by Crippen LogP contribution is 2.22. The highest BCUT2D eigenvalue weighted by atomic mass is 16.5. The van der Waals surface area contributed by atoms with Gasteiger partial charge in [-0.05, 0) is 48.9 Å². The van der Waals surface area contributed by atoms with Crippen molar-refractivity contribution in [3.63, 3.8) is 0 Å². The molecule has 1 aliphatic rings. The zero-order chi connectivity index (χ0) is 22.9. The molecule has 1 aromatic heterocycles. The van der Waals surface area contributed by atoms with E-state index in [1.807, 2.05) is 36.4 Å². The molecule has 8 heteroatoms. The van der Waals surface area contributed by atoms with Crippen molar-refractivity contribution in [3.05, 3.63) is 66.5 Å². The lowest BCUT2D eigenvalue weighted by molar-refractivity contribution is 0.0374. The summed E-state index contributed by atoms with van der Waals surface area (Å²) in [5.74, 6) is 1.19. The van der Waals surface area contributed by atoms with Crippen LogP contribution >= 0.6 is 0 Å². The van der Waals surface area contributed by atoms with Crippen LogP contribution in [0.25, 0.3) is 11.1 Å². The number of carbonyl (C=O) groups excluding carboxylic acids is 1. The predicted octanol–water partition coefficient (Wildman–Crippen LogP) is 3.35. The van der Waals surface area contributed by atoms with Crippen LogP contribution in [-0.2, 0) is 4.74 Å². The van der Waals surface area contributed by atoms with Gasteiger partial charge in [0.1, 0.15) is 5.75 Å². The normalized spacial score (nSPS) is 14.0. The number of hydrogen-bond donors (Lipinski definition) is 2. The molecule has 0 unspecified atom stereocenters. The molecular weight excluding hydrogens is 418 g/mol. The summed E-state index contributed by atoms with van der Waals surface area (Å²) in [6.07, 6.45) is 4.45. The number of morpholine rings is 1. The number of nitrogens with one attached hydrogen (secondary N) is 2. The fraction of sp³-hybridized carbons (Fsp3) is 0.320. The van der Waals surface area contributed by atoms with Gasteiger partial charge in [-0.25, -0.2) is 9.97 Å². The zero-order valence-corrected chi connectivity index (χ0v) is 18.8. The third-order valence-corrected chi connectivity index (χ3v) is 5.50. The first-order chi connectivity index (χ1) is 16.2. The van der Waals surface area contributed by atoms with Crippen molar-refractivity contribution in [1.82, 2.24) is 20.2 Å². The monoisotopic (exact) mass is 447 g/mol. The highest BCUT2D eigenvalue weighted by molar-refractivity contribution is 5.95. The molecule has 0 radical (unpaired) electrons. The van der Waals surface area contributed by atoms with Gasteiger partial charge in [-0.2, -0.15) is 0 Å². The summed E-state index contributed by atoms with van der Waals surface area (Å²) in [5.41, 5.74) is 3.28. The lowest BCUT2D eigenvalue weighted by Crippen LogP contribution is -2.38. The zero-order valence-electron chi connectivity index (χ0n) is 18.8. The van der Waals surface area contributed by atoms with Crippen LogP contribution in [0.4, 0.5) is 11.6 Å². The maximum absolute atomic E-state index is 12.5. The van der Waals surface area contributed by atoms with Crippen LogP contribution in [0.5, 0.6) is 5.75 Å². The van der Waals surface area contributed by atoms with Gasteiger partial charge in [0.2, 0.25) is 5.95 Å². The summed E-state index contributed by atoms with van der Waals surface area (Å²) in [4.78, 5) is 23.7. The molecule has 0 spiro atoms. The van der Waals surface area contributed by atoms with Crippen LogP contribution in [0.15, 0.2) is 60.9 Å². The first kappa shape index (κ1) is 22.7. The van der Waals surface area contributed by atoms with Gasteiger partial charge in [0.25, 0.3) is 5.91 Å². The number of hydrogen-bond acceptors (Lipinski definition) is 7. The van der Waals surface area contributed by atoms with E-state index in [1.165, 1.54) is 0 Å². The van der Waals surface area contributed by atoms with Crippen LogP contribution in [0, 0.1) is 0 Å². The van der Waals surface area contributed by atoms with E-state index in [1.54, 1.807) is 31.6 Å². The second kappa shape index (κ2) is 11.4. The molecule has 1 amide bonds. The number of aromatic nitrogens is 2. The van der Waals surface area contributed by atoms with Gasteiger partial charge in [0, 0.05) is 48.8 Å². The Kier molecular flexibility index (Phi) is 7.84. The molecule has 1 saturated heterocycles. The third-order valence-electron chi connectivity index (χ3n) is 5.50. The van der Waals surface area contributed by atoms with Crippen molar-refractivity contribution in [2.24, 2.45) is 0 Å². The number of anilines is 2. The van der Waals surface area contributed by atoms with E-state index in [4.69, 9.17) is 9.47 Å². The molecule has 0 atom stereocenters. The fourth-order valence-electron chi connectivity index (χ4n) is 3.62. The number of rotatable bonds is 9. The Hall–Kier alpha value is -3.49. The molecule has 2 aromatic carbocycles. The second-order valence-electron chi connectivity index (χ2n) is 7.79. The van der Waals surface area contributed by atoms with E-state index in [0.717, 1.165) is 61.8 Å². The third kappa shape index (κ3) is 6.50. The van der Waals surface area contributed by atoms with Gasteiger partial charge in [-0.15, -0.1) is 0 Å². The molecule has 4 rings (SSSR count). The minimum absolute atomic E-state index is 0.0867. The SMILES string of the molecule is COc1ccc(-c2cnc(Nc3cccc(C(=O)NCCCN4CCOCC4)c3)nc2)cc1. The van der Waals surface area contributed by atoms with E-state index >= 15 is 0 Å². The van der Waals surface area contributed by atoms with E-state index < -0.39 is 0 Å². The largest absolute Gasteiger partial charge is 0.497 e. The molecule has 2 N–H and O–H groups in total. The van der Waals surface area contributed by atoms with Crippen LogP contribution in [0.3, 0.4) is 0 Å². The van der Waals surface area contributed by atoms with Crippen molar-refractivity contribution in [2.75, 3.05) is 51.8 Å². The van der Waals surface area contributed by atoms with Crippen LogP contribution in [0.1, 0.15) is 16.8 Å². The summed E-state index contributed by atoms with van der Waals surface area (Å²) < 4.78 is 10.6. The van der Waals surface area contributed by atoms with E-state index in [2.05, 4.69) is 25.5 Å². The number of methoxy groups -OCH3 is 1. The minimum atomic E-state index is -0.0867. The van der Waals surface area contributed by atoms with Gasteiger partial charge < -0.3 is 20.1 Å². The van der Waals surface area contributed by atoms with Crippen molar-refractivity contribution >= 4 is 17.5 Å². The lowest BCUT2D eigenvalue weighted by Gasteiger charge is -2.26. The first-order valence-corrected chi connectivity index (χ1v) is 11.1. The lowest BCUT2D eigenvalue weighted by atomic mass is 10.1. The number of amides is 1. The summed E-state index contributed by atoms with van der Waals surface area (Å²) >= 11 is 0. The van der Waals surface area contributed by atoms with Gasteiger partial charge >= 0.3 is 0 Å². The highest BCUT2D eigenvalue weighted by Gasteiger charge is 2.11. The Morgan fingerprint density at radius 2 is 1.82 bits per heavy atom. The van der Waals surface area contributed by atoms with E-state index in [0.29, 0.717) is 18.1 Å². The van der Waals surface area contributed by atoms with Crippen molar-refractivity contribution in [1.29, 1.82) is 0 Å². The smallest absolute Gasteiger partial charge is 0.251 e. The molecule has 0 bridgehead atoms. The van der Waals surface area contributed by atoms with E-state index in [-0.39, 0.29) is 5.91 Å². The van der Waals surface area contributed by atoms with E-state index in [9.17, 15) is 4.79 Å². The number of carbonyl (C=O) groups is 1. The Balaban J connectivity index is 1.29. The maximum atomic E-state index is 12.5. The average molecular weight is 448 g/mol. The Bertz CT molecular complexity index is 1030. The minimum Gasteiger partial charge on any atom is -0.497 e. The van der Waals surface area contributed by atoms with Crippen molar-refractivity contribution in [2.45, 2.75) is 6.42 Å². The van der Waals surface area contributed by atoms with Gasteiger partial charge in [0.05, 0.1) is 20.3 Å². The summed E-state index contributed by atoms with van der Waals surface area (Å²) in [5, 5.41) is 6.16. The molecule has 33 heavy (non-hydrogen) atoms. The number of nitrogens with zero attached hydrogens (tertiary/aromatic N) is 3. The molecule has 3 aromatic rings. The predicted molar refractivity (Wildman–Crippen MR) is 128 cm³/mol. The van der Waals surface area contributed by atoms with Gasteiger partial charge in [-0.1, -0.05) is 18.2 Å². The number of benzene rings is 2. The molecular formula is C25H29N5O3. The van der Waals surface area contributed by atoms with Crippen molar-refractivity contribution in [3.8, 4) is 16.9 Å².